The predicted molar refractivity (Wildman–Crippen MR) is 136 cm³/mol. The summed E-state index contributed by atoms with van der Waals surface area (Å²) >= 11 is 0. The maximum Gasteiger partial charge on any atom is 0.423 e. The lowest BCUT2D eigenvalue weighted by molar-refractivity contribution is -0.114. The highest BCUT2D eigenvalue weighted by molar-refractivity contribution is 8.82. The minimum Gasteiger partial charge on any atom is -0.448 e. The molecule has 0 rings (SSSR count). The van der Waals surface area contributed by atoms with E-state index in [-0.39, 0.29) is 0 Å². The summed E-state index contributed by atoms with van der Waals surface area (Å²) in [5.41, 5.74) is 10.9. The van der Waals surface area contributed by atoms with Crippen LogP contribution in [0.1, 0.15) is 40.5 Å². The van der Waals surface area contributed by atoms with E-state index < -0.39 is 12.0 Å². The normalized spacial score (nSPS) is 11.7. The zero-order chi connectivity index (χ0) is 24.7. The Morgan fingerprint density at radius 3 is 2.10 bits per heavy atom. The second kappa shape index (κ2) is 24.2. The van der Waals surface area contributed by atoms with Crippen molar-refractivity contribution in [2.45, 2.75) is 40.5 Å². The number of nitrogens with two attached hydrogens (primary N) is 3. The number of carbonyl (C=O) groups excluding carboxylic acids is 2. The van der Waals surface area contributed by atoms with Crippen molar-refractivity contribution in [1.82, 2.24) is 10.3 Å². The lowest BCUT2D eigenvalue weighted by atomic mass is 10.2. The van der Waals surface area contributed by atoms with E-state index in [9.17, 15) is 9.59 Å². The molecule has 0 radical (unpaired) electrons. The van der Waals surface area contributed by atoms with Gasteiger partial charge in [0.05, 0.1) is 5.57 Å². The van der Waals surface area contributed by atoms with Crippen molar-refractivity contribution in [3.8, 4) is 0 Å². The first-order chi connectivity index (χ1) is 14.7. The van der Waals surface area contributed by atoms with Gasteiger partial charge in [-0.05, 0) is 35.8 Å². The van der Waals surface area contributed by atoms with Gasteiger partial charge in [-0.25, -0.2) is 15.6 Å². The van der Waals surface area contributed by atoms with Crippen LogP contribution in [0, 0.1) is 0 Å². The van der Waals surface area contributed by atoms with Gasteiger partial charge in [0.2, 0.25) is 0 Å². The van der Waals surface area contributed by atoms with Gasteiger partial charge in [-0.3, -0.25) is 9.79 Å². The average Bonchev–Trinajstić information content (AvgIpc) is 2.76. The van der Waals surface area contributed by atoms with Crippen LogP contribution in [0.2, 0.25) is 0 Å². The van der Waals surface area contributed by atoms with E-state index in [0.717, 1.165) is 22.9 Å². The molecule has 0 saturated carbocycles. The van der Waals surface area contributed by atoms with Crippen LogP contribution in [0.4, 0.5) is 4.79 Å². The number of nitrogens with one attached hydrogen (secondary N) is 1. The summed E-state index contributed by atoms with van der Waals surface area (Å²) in [6, 6.07) is 0. The summed E-state index contributed by atoms with van der Waals surface area (Å²) in [5, 5.41) is 4.54. The zero-order valence-electron chi connectivity index (χ0n) is 19.8. The van der Waals surface area contributed by atoms with Gasteiger partial charge in [0.1, 0.15) is 17.5 Å². The van der Waals surface area contributed by atoms with E-state index >= 15 is 0 Å². The largest absolute Gasteiger partial charge is 0.448 e. The number of hydrogen-bond acceptors (Lipinski definition) is 9. The Kier molecular flexibility index (Phi) is 26.1. The molecule has 0 aromatic rings. The van der Waals surface area contributed by atoms with E-state index in [4.69, 9.17) is 22.0 Å². The van der Waals surface area contributed by atoms with Gasteiger partial charge in [-0.2, -0.15) is 0 Å². The Morgan fingerprint density at radius 1 is 1.13 bits per heavy atom. The summed E-state index contributed by atoms with van der Waals surface area (Å²) in [6.07, 6.45) is 8.79. The van der Waals surface area contributed by atoms with Crippen molar-refractivity contribution >= 4 is 38.6 Å². The molecule has 180 valence electrons. The van der Waals surface area contributed by atoms with Gasteiger partial charge in [0.25, 0.3) is 5.91 Å². The fourth-order valence-electron chi connectivity index (χ4n) is 1.40. The highest BCUT2D eigenvalue weighted by Gasteiger charge is 2.05. The molecule has 2 amide bonds. The molecule has 9 nitrogen and oxygen atoms in total. The molecule has 0 unspecified atom stereocenters. The second-order valence-corrected chi connectivity index (χ2v) is 7.69. The highest BCUT2D eigenvalue weighted by Crippen LogP contribution is 2.23. The molecule has 0 saturated heterocycles. The number of hydrogen-bond donors (Lipinski definition) is 4. The Morgan fingerprint density at radius 2 is 1.68 bits per heavy atom. The van der Waals surface area contributed by atoms with Crippen LogP contribution in [0.25, 0.3) is 0 Å². The summed E-state index contributed by atoms with van der Waals surface area (Å²) in [5.74, 6) is 5.67. The Balaban J connectivity index is -0.000000492. The van der Waals surface area contributed by atoms with Crippen LogP contribution in [-0.2, 0) is 9.53 Å². The summed E-state index contributed by atoms with van der Waals surface area (Å²) in [7, 11) is 7.99. The van der Waals surface area contributed by atoms with Crippen LogP contribution in [0.5, 0.6) is 0 Å². The van der Waals surface area contributed by atoms with E-state index in [1.165, 1.54) is 7.05 Å². The molecule has 0 heterocycles. The maximum absolute atomic E-state index is 11.0. The van der Waals surface area contributed by atoms with Gasteiger partial charge in [0.15, 0.2) is 0 Å². The fourth-order valence-corrected chi connectivity index (χ4v) is 3.19. The first kappa shape index (κ1) is 33.5. The van der Waals surface area contributed by atoms with Crippen LogP contribution < -0.4 is 22.6 Å². The molecule has 0 spiro atoms. The molecule has 11 heteroatoms. The van der Waals surface area contributed by atoms with Crippen molar-refractivity contribution in [1.29, 1.82) is 0 Å². The van der Waals surface area contributed by atoms with Crippen LogP contribution in [0.15, 0.2) is 40.7 Å². The first-order valence-corrected chi connectivity index (χ1v) is 12.3. The number of carbonyl (C=O) groups is 2. The number of aliphatic imine (C=N–C) groups is 1. The van der Waals surface area contributed by atoms with Gasteiger partial charge < -0.3 is 21.5 Å². The van der Waals surface area contributed by atoms with Gasteiger partial charge in [-0.15, -0.1) is 0 Å². The van der Waals surface area contributed by atoms with Crippen molar-refractivity contribution in [3.63, 3.8) is 0 Å². The Hall–Kier alpha value is -2.11. The molecule has 0 bridgehead atoms. The number of primary amides is 1. The fraction of sp³-hybridized carbons (Fsp3) is 0.550. The van der Waals surface area contributed by atoms with Crippen molar-refractivity contribution in [2.24, 2.45) is 22.3 Å². The minimum absolute atomic E-state index is 0.298. The SMILES string of the molecule is CC.CC/C=C/C(C(N)=O)=C(/N)NC.CC/C=C\C(=NC)SSCCOC(=O)N(C)N. The maximum atomic E-state index is 11.0. The molecular weight excluding hydrogens is 436 g/mol. The third kappa shape index (κ3) is 20.9. The third-order valence-electron chi connectivity index (χ3n) is 2.89. The lowest BCUT2D eigenvalue weighted by Gasteiger charge is -2.09. The molecule has 7 N–H and O–H groups in total. The van der Waals surface area contributed by atoms with E-state index in [1.807, 2.05) is 32.9 Å². The topological polar surface area (TPSA) is 149 Å². The smallest absolute Gasteiger partial charge is 0.423 e. The van der Waals surface area contributed by atoms with Gasteiger partial charge in [0, 0.05) is 26.9 Å². The van der Waals surface area contributed by atoms with Crippen LogP contribution in [-0.4, -0.2) is 55.6 Å². The molecule has 0 aliphatic heterocycles. The number of nitrogens with zero attached hydrogens (tertiary/aromatic N) is 2. The summed E-state index contributed by atoms with van der Waals surface area (Å²) < 4.78 is 4.87. The monoisotopic (exact) mass is 476 g/mol. The number of amides is 2. The summed E-state index contributed by atoms with van der Waals surface area (Å²) in [4.78, 5) is 25.9. The zero-order valence-corrected chi connectivity index (χ0v) is 21.4. The van der Waals surface area contributed by atoms with E-state index in [0.29, 0.717) is 23.8 Å². The predicted octanol–water partition coefficient (Wildman–Crippen LogP) is 3.16. The number of hydrazine groups is 1. The van der Waals surface area contributed by atoms with Gasteiger partial charge >= 0.3 is 6.09 Å². The van der Waals surface area contributed by atoms with Crippen LogP contribution in [0.3, 0.4) is 0 Å². The Bertz CT molecular complexity index is 606. The number of allylic oxidation sites excluding steroid dienone is 2. The molecule has 0 aliphatic carbocycles. The average molecular weight is 477 g/mol. The van der Waals surface area contributed by atoms with E-state index in [1.54, 1.807) is 41.8 Å². The lowest BCUT2D eigenvalue weighted by Crippen LogP contribution is -2.34. The molecular formula is C20H40N6O3S2. The second-order valence-electron chi connectivity index (χ2n) is 5.26. The molecule has 0 aliphatic rings. The van der Waals surface area contributed by atoms with Gasteiger partial charge in [-0.1, -0.05) is 50.6 Å². The molecule has 0 aromatic carbocycles. The standard InChI is InChI=1S/C10H19N3O2S2.C8H15N3O.C2H6/c1-4-5-6-9(12-2)17-16-8-7-15-10(14)13(3)11;1-3-4-5-6(8(10)12)7(9)11-2;1-2/h5-6H,4,7-8,11H2,1-3H3;4-5,11H,3,9H2,1-2H3,(H2,10,12);1-2H3/b6-5-,12-9?;5-4+,7-6+;. The van der Waals surface area contributed by atoms with E-state index in [2.05, 4.69) is 23.3 Å². The number of ether oxygens (including phenoxy) is 1. The molecule has 0 atom stereocenters. The minimum atomic E-state index is -0.522. The number of rotatable bonds is 10. The van der Waals surface area contributed by atoms with Crippen molar-refractivity contribution in [2.75, 3.05) is 33.5 Å². The third-order valence-corrected chi connectivity index (χ3v) is 5.19. The molecule has 31 heavy (non-hydrogen) atoms. The quantitative estimate of drug-likeness (QED) is 0.0432. The van der Waals surface area contributed by atoms with Crippen molar-refractivity contribution < 1.29 is 14.3 Å². The molecule has 0 fully saturated rings. The summed E-state index contributed by atoms with van der Waals surface area (Å²) in [6.45, 7) is 8.38. The Labute approximate surface area is 195 Å². The first-order valence-electron chi connectivity index (χ1n) is 9.96. The molecule has 0 aromatic heterocycles. The highest BCUT2D eigenvalue weighted by atomic mass is 33.1. The van der Waals surface area contributed by atoms with Crippen LogP contribution >= 0.6 is 21.6 Å². The van der Waals surface area contributed by atoms with Crippen molar-refractivity contribution in [3.05, 3.63) is 35.7 Å².